The van der Waals surface area contributed by atoms with Crippen LogP contribution in [0.3, 0.4) is 0 Å². The summed E-state index contributed by atoms with van der Waals surface area (Å²) in [5, 5.41) is 0. The zero-order valence-corrected chi connectivity index (χ0v) is 14.6. The van der Waals surface area contributed by atoms with Gasteiger partial charge in [-0.05, 0) is 23.8 Å². The molecule has 130 valence electrons. The fourth-order valence-corrected chi connectivity index (χ4v) is 2.75. The summed E-state index contributed by atoms with van der Waals surface area (Å²) in [6.45, 7) is 0. The van der Waals surface area contributed by atoms with E-state index in [1.165, 1.54) is 0 Å². The minimum atomic E-state index is -0.0343. The van der Waals surface area contributed by atoms with Crippen molar-refractivity contribution in [3.05, 3.63) is 108 Å². The Kier molecular flexibility index (Phi) is 4.75. The summed E-state index contributed by atoms with van der Waals surface area (Å²) in [5.41, 5.74) is 3.45. The van der Waals surface area contributed by atoms with E-state index < -0.39 is 0 Å². The summed E-state index contributed by atoms with van der Waals surface area (Å²) < 4.78 is 5.85. The molecule has 3 heteroatoms. The zero-order chi connectivity index (χ0) is 18.5. The van der Waals surface area contributed by atoms with Crippen LogP contribution in [-0.4, -0.2) is 10.8 Å². The molecule has 1 heterocycles. The summed E-state index contributed by atoms with van der Waals surface area (Å²) in [4.78, 5) is 16.7. The molecule has 4 aromatic rings. The average Bonchev–Trinajstić information content (AvgIpc) is 3.24. The first-order valence-corrected chi connectivity index (χ1v) is 8.69. The lowest BCUT2D eigenvalue weighted by Crippen LogP contribution is -1.93. The van der Waals surface area contributed by atoms with E-state index >= 15 is 0 Å². The fourth-order valence-electron chi connectivity index (χ4n) is 2.75. The average molecular weight is 351 g/mol. The van der Waals surface area contributed by atoms with Gasteiger partial charge in [0.2, 0.25) is 5.89 Å². The second-order valence-electron chi connectivity index (χ2n) is 6.08. The maximum atomic E-state index is 12.3. The lowest BCUT2D eigenvalue weighted by molar-refractivity contribution is 0.104. The number of carbonyl (C=O) groups is 1. The van der Waals surface area contributed by atoms with Crippen molar-refractivity contribution in [3.8, 4) is 22.8 Å². The number of allylic oxidation sites excluding steroid dienone is 1. The van der Waals surface area contributed by atoms with Gasteiger partial charge in [0.1, 0.15) is 0 Å². The molecule has 4 rings (SSSR count). The number of ketones is 1. The van der Waals surface area contributed by atoms with Crippen LogP contribution in [0.4, 0.5) is 0 Å². The van der Waals surface area contributed by atoms with E-state index in [1.807, 2.05) is 78.9 Å². The quantitative estimate of drug-likeness (QED) is 0.332. The van der Waals surface area contributed by atoms with Crippen LogP contribution in [0.1, 0.15) is 15.9 Å². The second kappa shape index (κ2) is 7.67. The van der Waals surface area contributed by atoms with Gasteiger partial charge in [0.25, 0.3) is 0 Å². The predicted octanol–water partition coefficient (Wildman–Crippen LogP) is 5.90. The highest BCUT2D eigenvalue weighted by Gasteiger charge is 2.09. The summed E-state index contributed by atoms with van der Waals surface area (Å²) >= 11 is 0. The highest BCUT2D eigenvalue weighted by Crippen LogP contribution is 2.26. The molecular formula is C24H17NO2. The number of hydrogen-bond donors (Lipinski definition) is 0. The molecule has 0 N–H and O–H groups in total. The normalized spacial score (nSPS) is 11.0. The number of hydrogen-bond acceptors (Lipinski definition) is 3. The van der Waals surface area contributed by atoms with E-state index in [1.54, 1.807) is 24.4 Å². The topological polar surface area (TPSA) is 43.1 Å². The van der Waals surface area contributed by atoms with Crippen molar-refractivity contribution in [1.29, 1.82) is 0 Å². The Morgan fingerprint density at radius 1 is 0.778 bits per heavy atom. The molecule has 0 aliphatic heterocycles. The van der Waals surface area contributed by atoms with Crippen LogP contribution in [0.15, 0.2) is 102 Å². The standard InChI is InChI=1S/C24H17NO2/c26-22(16-11-18-7-3-1-4-8-18)19-12-14-20(15-13-19)23-17-25-24(27-23)21-9-5-2-6-10-21/h1-17H. The van der Waals surface area contributed by atoms with Crippen LogP contribution >= 0.6 is 0 Å². The van der Waals surface area contributed by atoms with Crippen molar-refractivity contribution in [3.63, 3.8) is 0 Å². The molecule has 0 amide bonds. The Hall–Kier alpha value is -3.72. The molecule has 1 aromatic heterocycles. The van der Waals surface area contributed by atoms with E-state index in [2.05, 4.69) is 4.98 Å². The van der Waals surface area contributed by atoms with E-state index in [-0.39, 0.29) is 5.78 Å². The van der Waals surface area contributed by atoms with Gasteiger partial charge in [0.15, 0.2) is 11.5 Å². The number of benzene rings is 3. The van der Waals surface area contributed by atoms with Gasteiger partial charge in [-0.2, -0.15) is 0 Å². The third kappa shape index (κ3) is 3.93. The molecule has 3 nitrogen and oxygen atoms in total. The van der Waals surface area contributed by atoms with Crippen LogP contribution in [0, 0.1) is 0 Å². The third-order valence-corrected chi connectivity index (χ3v) is 4.21. The molecule has 0 unspecified atom stereocenters. The SMILES string of the molecule is O=C(C=Cc1ccccc1)c1ccc(-c2cnc(-c3ccccc3)o2)cc1. The molecule has 0 aliphatic rings. The Balaban J connectivity index is 1.50. The Bertz CT molecular complexity index is 1060. The largest absolute Gasteiger partial charge is 0.436 e. The minimum absolute atomic E-state index is 0.0343. The molecule has 0 saturated heterocycles. The van der Waals surface area contributed by atoms with E-state index in [0.29, 0.717) is 17.2 Å². The molecule has 3 aromatic carbocycles. The summed E-state index contributed by atoms with van der Waals surface area (Å²) in [6, 6.07) is 26.9. The van der Waals surface area contributed by atoms with Gasteiger partial charge in [-0.3, -0.25) is 4.79 Å². The van der Waals surface area contributed by atoms with E-state index in [9.17, 15) is 4.79 Å². The molecule has 0 aliphatic carbocycles. The molecule has 0 spiro atoms. The van der Waals surface area contributed by atoms with Gasteiger partial charge >= 0.3 is 0 Å². The van der Waals surface area contributed by atoms with Gasteiger partial charge in [0, 0.05) is 16.7 Å². The van der Waals surface area contributed by atoms with Gasteiger partial charge in [-0.1, -0.05) is 78.9 Å². The first-order valence-electron chi connectivity index (χ1n) is 8.69. The van der Waals surface area contributed by atoms with Crippen molar-refractivity contribution >= 4 is 11.9 Å². The Labute approximate surface area is 157 Å². The Morgan fingerprint density at radius 2 is 1.44 bits per heavy atom. The number of rotatable bonds is 5. The van der Waals surface area contributed by atoms with Crippen molar-refractivity contribution in [2.24, 2.45) is 0 Å². The molecule has 0 fully saturated rings. The van der Waals surface area contributed by atoms with E-state index in [4.69, 9.17) is 4.42 Å². The molecule has 0 atom stereocenters. The maximum Gasteiger partial charge on any atom is 0.226 e. The van der Waals surface area contributed by atoms with Gasteiger partial charge in [0.05, 0.1) is 6.20 Å². The van der Waals surface area contributed by atoms with Crippen molar-refractivity contribution in [2.45, 2.75) is 0 Å². The molecule has 0 saturated carbocycles. The number of nitrogens with zero attached hydrogens (tertiary/aromatic N) is 1. The molecule has 0 bridgehead atoms. The lowest BCUT2D eigenvalue weighted by atomic mass is 10.1. The third-order valence-electron chi connectivity index (χ3n) is 4.21. The highest BCUT2D eigenvalue weighted by atomic mass is 16.4. The van der Waals surface area contributed by atoms with Gasteiger partial charge in [-0.15, -0.1) is 0 Å². The van der Waals surface area contributed by atoms with Crippen molar-refractivity contribution in [1.82, 2.24) is 4.98 Å². The highest BCUT2D eigenvalue weighted by molar-refractivity contribution is 6.07. The van der Waals surface area contributed by atoms with Crippen molar-refractivity contribution in [2.75, 3.05) is 0 Å². The van der Waals surface area contributed by atoms with Crippen molar-refractivity contribution < 1.29 is 9.21 Å². The van der Waals surface area contributed by atoms with Crippen LogP contribution in [0.5, 0.6) is 0 Å². The fraction of sp³-hybridized carbons (Fsp3) is 0. The number of carbonyl (C=O) groups excluding carboxylic acids is 1. The molecule has 0 radical (unpaired) electrons. The predicted molar refractivity (Wildman–Crippen MR) is 107 cm³/mol. The smallest absolute Gasteiger partial charge is 0.226 e. The number of aromatic nitrogens is 1. The molecule has 27 heavy (non-hydrogen) atoms. The van der Waals surface area contributed by atoms with Crippen LogP contribution < -0.4 is 0 Å². The summed E-state index contributed by atoms with van der Waals surface area (Å²) in [5.74, 6) is 1.22. The monoisotopic (exact) mass is 351 g/mol. The summed E-state index contributed by atoms with van der Waals surface area (Å²) in [6.07, 6.45) is 5.11. The lowest BCUT2D eigenvalue weighted by Gasteiger charge is -2.00. The molecular weight excluding hydrogens is 334 g/mol. The van der Waals surface area contributed by atoms with Gasteiger partial charge in [-0.25, -0.2) is 4.98 Å². The second-order valence-corrected chi connectivity index (χ2v) is 6.08. The van der Waals surface area contributed by atoms with E-state index in [0.717, 1.165) is 16.7 Å². The van der Waals surface area contributed by atoms with Crippen LogP contribution in [0.2, 0.25) is 0 Å². The maximum absolute atomic E-state index is 12.3. The van der Waals surface area contributed by atoms with Gasteiger partial charge < -0.3 is 4.42 Å². The minimum Gasteiger partial charge on any atom is -0.436 e. The first-order chi connectivity index (χ1) is 13.3. The Morgan fingerprint density at radius 3 is 2.15 bits per heavy atom. The summed E-state index contributed by atoms with van der Waals surface area (Å²) in [7, 11) is 0. The zero-order valence-electron chi connectivity index (χ0n) is 14.6. The first kappa shape index (κ1) is 16.7. The number of oxazole rings is 1. The van der Waals surface area contributed by atoms with Crippen LogP contribution in [-0.2, 0) is 0 Å². The van der Waals surface area contributed by atoms with Crippen LogP contribution in [0.25, 0.3) is 28.9 Å².